The minimum atomic E-state index is 0.213. The highest BCUT2D eigenvalue weighted by Gasteiger charge is 2.17. The lowest BCUT2D eigenvalue weighted by Crippen LogP contribution is -2.41. The van der Waals surface area contributed by atoms with Crippen molar-refractivity contribution in [3.63, 3.8) is 0 Å². The Morgan fingerprint density at radius 2 is 2.13 bits per heavy atom. The highest BCUT2D eigenvalue weighted by molar-refractivity contribution is 5.77. The molecule has 0 radical (unpaired) electrons. The summed E-state index contributed by atoms with van der Waals surface area (Å²) in [6.45, 7) is 3.59. The van der Waals surface area contributed by atoms with Gasteiger partial charge in [-0.15, -0.1) is 0 Å². The van der Waals surface area contributed by atoms with Gasteiger partial charge in [-0.05, 0) is 45.9 Å². The summed E-state index contributed by atoms with van der Waals surface area (Å²) < 4.78 is 0. The molecule has 4 heteroatoms. The maximum Gasteiger partial charge on any atom is 0.236 e. The average molecular weight is 213 g/mol. The second-order valence-electron chi connectivity index (χ2n) is 4.72. The molecular formula is C11H23N3O. The lowest BCUT2D eigenvalue weighted by Gasteiger charge is -2.28. The van der Waals surface area contributed by atoms with Crippen molar-refractivity contribution in [3.8, 4) is 0 Å². The molecule has 0 aromatic heterocycles. The molecule has 0 bridgehead atoms. The largest absolute Gasteiger partial charge is 0.344 e. The molecule has 1 N–H and O–H groups in total. The Hall–Kier alpha value is -0.610. The second kappa shape index (κ2) is 6.08. The molecule has 0 saturated carbocycles. The Balaban J connectivity index is 2.26. The van der Waals surface area contributed by atoms with Crippen LogP contribution >= 0.6 is 0 Å². The van der Waals surface area contributed by atoms with Gasteiger partial charge in [-0.1, -0.05) is 0 Å². The van der Waals surface area contributed by atoms with Crippen LogP contribution in [0.2, 0.25) is 0 Å². The standard InChI is InChI=1S/C11H23N3O/c1-13(2)9-11(15)14(3)8-10-5-4-6-12-7-10/h10,12H,4-9H2,1-3H3. The highest BCUT2D eigenvalue weighted by atomic mass is 16.2. The lowest BCUT2D eigenvalue weighted by atomic mass is 9.99. The molecule has 1 aliphatic rings. The fourth-order valence-electron chi connectivity index (χ4n) is 1.96. The molecule has 1 fully saturated rings. The van der Waals surface area contributed by atoms with Crippen LogP contribution in [0.1, 0.15) is 12.8 Å². The number of nitrogens with zero attached hydrogens (tertiary/aromatic N) is 2. The monoisotopic (exact) mass is 213 g/mol. The Bertz CT molecular complexity index is 200. The van der Waals surface area contributed by atoms with Crippen molar-refractivity contribution in [2.24, 2.45) is 5.92 Å². The van der Waals surface area contributed by atoms with Crippen LogP contribution in [0.5, 0.6) is 0 Å². The molecule has 1 amide bonds. The maximum absolute atomic E-state index is 11.7. The first-order valence-corrected chi connectivity index (χ1v) is 5.69. The van der Waals surface area contributed by atoms with Crippen LogP contribution in [0.3, 0.4) is 0 Å². The van der Waals surface area contributed by atoms with Crippen molar-refractivity contribution in [1.82, 2.24) is 15.1 Å². The van der Waals surface area contributed by atoms with Gasteiger partial charge in [-0.2, -0.15) is 0 Å². The fraction of sp³-hybridized carbons (Fsp3) is 0.909. The van der Waals surface area contributed by atoms with Gasteiger partial charge in [0.15, 0.2) is 0 Å². The van der Waals surface area contributed by atoms with Gasteiger partial charge in [0.1, 0.15) is 0 Å². The van der Waals surface area contributed by atoms with Crippen molar-refractivity contribution in [3.05, 3.63) is 0 Å². The molecule has 0 aliphatic carbocycles. The lowest BCUT2D eigenvalue weighted by molar-refractivity contribution is -0.131. The van der Waals surface area contributed by atoms with E-state index in [1.807, 2.05) is 30.9 Å². The van der Waals surface area contributed by atoms with E-state index in [9.17, 15) is 4.79 Å². The number of likely N-dealkylation sites (N-methyl/N-ethyl adjacent to an activating group) is 2. The number of hydrogen-bond acceptors (Lipinski definition) is 3. The number of hydrogen-bond donors (Lipinski definition) is 1. The molecule has 0 aromatic carbocycles. The zero-order valence-corrected chi connectivity index (χ0v) is 10.1. The van der Waals surface area contributed by atoms with Crippen LogP contribution in [-0.2, 0) is 4.79 Å². The summed E-state index contributed by atoms with van der Waals surface area (Å²) in [6, 6.07) is 0. The molecule has 0 aromatic rings. The van der Waals surface area contributed by atoms with E-state index in [0.29, 0.717) is 12.5 Å². The number of nitrogens with one attached hydrogen (secondary N) is 1. The third kappa shape index (κ3) is 4.62. The maximum atomic E-state index is 11.7. The van der Waals surface area contributed by atoms with Crippen LogP contribution in [0.4, 0.5) is 0 Å². The van der Waals surface area contributed by atoms with Crippen molar-refractivity contribution in [2.45, 2.75) is 12.8 Å². The summed E-state index contributed by atoms with van der Waals surface area (Å²) in [5, 5.41) is 3.37. The SMILES string of the molecule is CN(C)CC(=O)N(C)CC1CCCNC1. The van der Waals surface area contributed by atoms with E-state index in [1.54, 1.807) is 0 Å². The average Bonchev–Trinajstić information content (AvgIpc) is 2.18. The summed E-state index contributed by atoms with van der Waals surface area (Å²) in [7, 11) is 5.75. The van der Waals surface area contributed by atoms with E-state index in [2.05, 4.69) is 5.32 Å². The summed E-state index contributed by atoms with van der Waals surface area (Å²) in [5.41, 5.74) is 0. The molecule has 0 spiro atoms. The van der Waals surface area contributed by atoms with Gasteiger partial charge in [0, 0.05) is 13.6 Å². The molecule has 4 nitrogen and oxygen atoms in total. The summed E-state index contributed by atoms with van der Waals surface area (Å²) >= 11 is 0. The normalized spacial score (nSPS) is 21.7. The number of carbonyl (C=O) groups excluding carboxylic acids is 1. The molecule has 1 unspecified atom stereocenters. The Labute approximate surface area is 92.6 Å². The van der Waals surface area contributed by atoms with Gasteiger partial charge in [0.25, 0.3) is 0 Å². The van der Waals surface area contributed by atoms with Gasteiger partial charge in [0.2, 0.25) is 5.91 Å². The second-order valence-corrected chi connectivity index (χ2v) is 4.72. The minimum absolute atomic E-state index is 0.213. The van der Waals surface area contributed by atoms with Crippen molar-refractivity contribution in [2.75, 3.05) is 47.3 Å². The predicted molar refractivity (Wildman–Crippen MR) is 61.8 cm³/mol. The molecule has 1 saturated heterocycles. The molecule has 1 rings (SSSR count). The predicted octanol–water partition coefficient (Wildman–Crippen LogP) is 0.00600. The third-order valence-electron chi connectivity index (χ3n) is 2.81. The van der Waals surface area contributed by atoms with Gasteiger partial charge < -0.3 is 15.1 Å². The van der Waals surface area contributed by atoms with E-state index < -0.39 is 0 Å². The molecule has 1 aliphatic heterocycles. The first-order chi connectivity index (χ1) is 7.09. The number of carbonyl (C=O) groups is 1. The summed E-state index contributed by atoms with van der Waals surface area (Å²) in [4.78, 5) is 15.5. The number of rotatable bonds is 4. The third-order valence-corrected chi connectivity index (χ3v) is 2.81. The van der Waals surface area contributed by atoms with Gasteiger partial charge >= 0.3 is 0 Å². The summed E-state index contributed by atoms with van der Waals surface area (Å²) in [6.07, 6.45) is 2.48. The van der Waals surface area contributed by atoms with Gasteiger partial charge in [0.05, 0.1) is 6.54 Å². The van der Waals surface area contributed by atoms with E-state index in [0.717, 1.165) is 19.6 Å². The molecule has 1 atom stereocenters. The molecule has 1 heterocycles. The van der Waals surface area contributed by atoms with Crippen LogP contribution < -0.4 is 5.32 Å². The van der Waals surface area contributed by atoms with E-state index in [-0.39, 0.29) is 5.91 Å². The Kier molecular flexibility index (Phi) is 5.05. The van der Waals surface area contributed by atoms with E-state index in [4.69, 9.17) is 0 Å². The first-order valence-electron chi connectivity index (χ1n) is 5.69. The first kappa shape index (κ1) is 12.5. The Morgan fingerprint density at radius 3 is 2.67 bits per heavy atom. The fourth-order valence-corrected chi connectivity index (χ4v) is 1.96. The smallest absolute Gasteiger partial charge is 0.236 e. The molecular weight excluding hydrogens is 190 g/mol. The highest BCUT2D eigenvalue weighted by Crippen LogP contribution is 2.10. The zero-order valence-electron chi connectivity index (χ0n) is 10.1. The van der Waals surface area contributed by atoms with Crippen LogP contribution in [0, 0.1) is 5.92 Å². The minimum Gasteiger partial charge on any atom is -0.344 e. The van der Waals surface area contributed by atoms with Crippen molar-refractivity contribution < 1.29 is 4.79 Å². The van der Waals surface area contributed by atoms with Crippen molar-refractivity contribution >= 4 is 5.91 Å². The topological polar surface area (TPSA) is 35.6 Å². The quantitative estimate of drug-likeness (QED) is 0.714. The molecule has 88 valence electrons. The van der Waals surface area contributed by atoms with Crippen LogP contribution in [0.25, 0.3) is 0 Å². The molecule has 15 heavy (non-hydrogen) atoms. The van der Waals surface area contributed by atoms with E-state index >= 15 is 0 Å². The zero-order chi connectivity index (χ0) is 11.3. The van der Waals surface area contributed by atoms with Crippen LogP contribution in [0.15, 0.2) is 0 Å². The number of piperidine rings is 1. The Morgan fingerprint density at radius 1 is 1.40 bits per heavy atom. The summed E-state index contributed by atoms with van der Waals surface area (Å²) in [5.74, 6) is 0.848. The number of amides is 1. The van der Waals surface area contributed by atoms with E-state index in [1.165, 1.54) is 12.8 Å². The van der Waals surface area contributed by atoms with Gasteiger partial charge in [-0.25, -0.2) is 0 Å². The van der Waals surface area contributed by atoms with Crippen LogP contribution in [-0.4, -0.2) is 63.0 Å². The van der Waals surface area contributed by atoms with Gasteiger partial charge in [-0.3, -0.25) is 4.79 Å². The van der Waals surface area contributed by atoms with Crippen molar-refractivity contribution in [1.29, 1.82) is 0 Å².